The van der Waals surface area contributed by atoms with Gasteiger partial charge in [-0.2, -0.15) is 0 Å². The maximum Gasteiger partial charge on any atom is 0.237 e. The smallest absolute Gasteiger partial charge is 0.237 e. The Morgan fingerprint density at radius 2 is 2.10 bits per heavy atom. The lowest BCUT2D eigenvalue weighted by Gasteiger charge is -2.26. The zero-order valence-electron chi connectivity index (χ0n) is 17.1. The first-order valence-corrected chi connectivity index (χ1v) is 11.0. The van der Waals surface area contributed by atoms with Gasteiger partial charge in [-0.25, -0.2) is 0 Å². The first-order chi connectivity index (χ1) is 14.2. The molecule has 3 rings (SSSR count). The summed E-state index contributed by atoms with van der Waals surface area (Å²) < 4.78 is 7.22. The van der Waals surface area contributed by atoms with Gasteiger partial charge in [0.25, 0.3) is 0 Å². The third-order valence-electron chi connectivity index (χ3n) is 4.93. The molecule has 0 unspecified atom stereocenters. The number of nitrogens with zero attached hydrogens (tertiary/aromatic N) is 4. The normalized spacial score (nSPS) is 13.7. The van der Waals surface area contributed by atoms with Crippen LogP contribution in [-0.2, 0) is 11.3 Å². The largest absolute Gasteiger partial charge is 0.497 e. The van der Waals surface area contributed by atoms with Crippen LogP contribution < -0.4 is 4.74 Å². The molecule has 0 saturated heterocycles. The van der Waals surface area contributed by atoms with Crippen LogP contribution >= 0.6 is 11.8 Å². The van der Waals surface area contributed by atoms with Gasteiger partial charge in [-0.3, -0.25) is 9.36 Å². The van der Waals surface area contributed by atoms with Crippen LogP contribution in [0.5, 0.6) is 5.75 Å². The molecule has 1 aromatic heterocycles. The molecular formula is C22H28N4O2S. The summed E-state index contributed by atoms with van der Waals surface area (Å²) >= 11 is 1.42. The molecule has 0 aliphatic heterocycles. The fraction of sp³-hybridized carbons (Fsp3) is 0.409. The minimum absolute atomic E-state index is 0.116. The number of amides is 1. The molecule has 1 amide bonds. The molecule has 1 heterocycles. The quantitative estimate of drug-likeness (QED) is 0.447. The molecule has 154 valence electrons. The molecule has 0 N–H and O–H groups in total. The molecule has 6 nitrogen and oxygen atoms in total. The van der Waals surface area contributed by atoms with Crippen LogP contribution in [0.4, 0.5) is 0 Å². The van der Waals surface area contributed by atoms with E-state index >= 15 is 0 Å². The number of allylic oxidation sites excluding steroid dienone is 3. The van der Waals surface area contributed by atoms with Crippen molar-refractivity contribution in [2.24, 2.45) is 0 Å². The number of benzene rings is 1. The van der Waals surface area contributed by atoms with Gasteiger partial charge in [0.1, 0.15) is 5.75 Å². The Kier molecular flexibility index (Phi) is 7.52. The maximum absolute atomic E-state index is 12.8. The van der Waals surface area contributed by atoms with Crippen molar-refractivity contribution in [3.63, 3.8) is 0 Å². The summed E-state index contributed by atoms with van der Waals surface area (Å²) in [5.41, 5.74) is 2.11. The Balaban J connectivity index is 1.74. The van der Waals surface area contributed by atoms with Gasteiger partial charge in [0.05, 0.1) is 12.9 Å². The van der Waals surface area contributed by atoms with E-state index in [1.54, 1.807) is 7.11 Å². The van der Waals surface area contributed by atoms with Crippen molar-refractivity contribution >= 4 is 17.7 Å². The van der Waals surface area contributed by atoms with Gasteiger partial charge >= 0.3 is 0 Å². The van der Waals surface area contributed by atoms with Crippen LogP contribution in [0, 0.1) is 0 Å². The molecule has 2 aromatic rings. The number of carbonyl (C=O) groups excluding carboxylic acids is 1. The Labute approximate surface area is 176 Å². The second kappa shape index (κ2) is 10.3. The minimum Gasteiger partial charge on any atom is -0.497 e. The SMILES string of the molecule is C=CCn1c(SCC(=O)N(CC)C2=CCCCC2)nnc1-c1ccc(OC)cc1. The van der Waals surface area contributed by atoms with E-state index in [0.717, 1.165) is 47.3 Å². The second-order valence-electron chi connectivity index (χ2n) is 6.80. The average molecular weight is 413 g/mol. The van der Waals surface area contributed by atoms with Gasteiger partial charge in [0, 0.05) is 24.4 Å². The highest BCUT2D eigenvalue weighted by atomic mass is 32.2. The Hall–Kier alpha value is -2.54. The molecule has 0 bridgehead atoms. The van der Waals surface area contributed by atoms with E-state index in [1.807, 2.05) is 46.7 Å². The predicted molar refractivity (Wildman–Crippen MR) is 117 cm³/mol. The fourth-order valence-corrected chi connectivity index (χ4v) is 4.28. The van der Waals surface area contributed by atoms with Crippen LogP contribution in [0.25, 0.3) is 11.4 Å². The van der Waals surface area contributed by atoms with Gasteiger partial charge in [-0.1, -0.05) is 23.9 Å². The van der Waals surface area contributed by atoms with Crippen LogP contribution in [0.2, 0.25) is 0 Å². The lowest BCUT2D eigenvalue weighted by molar-refractivity contribution is -0.126. The van der Waals surface area contributed by atoms with Gasteiger partial charge in [0.15, 0.2) is 11.0 Å². The predicted octanol–water partition coefficient (Wildman–Crippen LogP) is 4.54. The highest BCUT2D eigenvalue weighted by Gasteiger charge is 2.20. The first kappa shape index (κ1) is 21.2. The zero-order valence-corrected chi connectivity index (χ0v) is 18.0. The van der Waals surface area contributed by atoms with Gasteiger partial charge in [-0.05, 0) is 56.9 Å². The summed E-state index contributed by atoms with van der Waals surface area (Å²) in [5.74, 6) is 2.00. The summed E-state index contributed by atoms with van der Waals surface area (Å²) in [6, 6.07) is 7.71. The van der Waals surface area contributed by atoms with Crippen molar-refractivity contribution in [3.05, 3.63) is 48.7 Å². The average Bonchev–Trinajstić information content (AvgIpc) is 3.16. The van der Waals surface area contributed by atoms with Crippen molar-refractivity contribution in [1.82, 2.24) is 19.7 Å². The summed E-state index contributed by atoms with van der Waals surface area (Å²) in [6.45, 7) is 7.15. The number of hydrogen-bond donors (Lipinski definition) is 0. The molecule has 7 heteroatoms. The summed E-state index contributed by atoms with van der Waals surface area (Å²) in [7, 11) is 1.64. The Morgan fingerprint density at radius 3 is 2.72 bits per heavy atom. The number of carbonyl (C=O) groups is 1. The number of hydrogen-bond acceptors (Lipinski definition) is 5. The number of aromatic nitrogens is 3. The Morgan fingerprint density at radius 1 is 1.31 bits per heavy atom. The lowest BCUT2D eigenvalue weighted by atomic mass is 10.0. The van der Waals surface area contributed by atoms with Crippen molar-refractivity contribution in [2.45, 2.75) is 44.3 Å². The topological polar surface area (TPSA) is 60.2 Å². The molecule has 0 atom stereocenters. The van der Waals surface area contributed by atoms with Crippen molar-refractivity contribution < 1.29 is 9.53 Å². The summed E-state index contributed by atoms with van der Waals surface area (Å²) in [4.78, 5) is 14.7. The van der Waals surface area contributed by atoms with Crippen LogP contribution in [-0.4, -0.2) is 45.0 Å². The van der Waals surface area contributed by atoms with E-state index in [2.05, 4.69) is 22.9 Å². The monoisotopic (exact) mass is 412 g/mol. The van der Waals surface area contributed by atoms with Gasteiger partial charge in [-0.15, -0.1) is 16.8 Å². The molecule has 0 spiro atoms. The molecular weight excluding hydrogens is 384 g/mol. The summed E-state index contributed by atoms with van der Waals surface area (Å²) in [6.07, 6.45) is 8.43. The number of thioether (sulfide) groups is 1. The van der Waals surface area contributed by atoms with Crippen molar-refractivity contribution in [2.75, 3.05) is 19.4 Å². The summed E-state index contributed by atoms with van der Waals surface area (Å²) in [5, 5.41) is 9.42. The van der Waals surface area contributed by atoms with Crippen LogP contribution in [0.1, 0.15) is 32.6 Å². The molecule has 0 radical (unpaired) electrons. The molecule has 1 aromatic carbocycles. The van der Waals surface area contributed by atoms with Gasteiger partial charge < -0.3 is 9.64 Å². The van der Waals surface area contributed by atoms with E-state index in [0.29, 0.717) is 18.8 Å². The zero-order chi connectivity index (χ0) is 20.6. The van der Waals surface area contributed by atoms with E-state index in [-0.39, 0.29) is 5.91 Å². The van der Waals surface area contributed by atoms with E-state index < -0.39 is 0 Å². The minimum atomic E-state index is 0.116. The van der Waals surface area contributed by atoms with E-state index in [9.17, 15) is 4.79 Å². The standard InChI is InChI=1S/C22H28N4O2S/c1-4-15-26-21(17-11-13-19(28-3)14-12-17)23-24-22(26)29-16-20(27)25(5-2)18-9-7-6-8-10-18/h4,9,11-14H,1,5-8,10,15-16H2,2-3H3. The highest BCUT2D eigenvalue weighted by Crippen LogP contribution is 2.27. The molecule has 1 aliphatic carbocycles. The number of rotatable bonds is 9. The number of ether oxygens (including phenoxy) is 1. The highest BCUT2D eigenvalue weighted by molar-refractivity contribution is 7.99. The van der Waals surface area contributed by atoms with Crippen molar-refractivity contribution in [1.29, 1.82) is 0 Å². The third-order valence-corrected chi connectivity index (χ3v) is 5.88. The Bertz CT molecular complexity index is 873. The third kappa shape index (κ3) is 5.09. The second-order valence-corrected chi connectivity index (χ2v) is 7.74. The van der Waals surface area contributed by atoms with E-state index in [1.165, 1.54) is 18.2 Å². The molecule has 0 saturated carbocycles. The van der Waals surface area contributed by atoms with E-state index in [4.69, 9.17) is 4.74 Å². The molecule has 29 heavy (non-hydrogen) atoms. The maximum atomic E-state index is 12.8. The molecule has 0 fully saturated rings. The molecule has 1 aliphatic rings. The lowest BCUT2D eigenvalue weighted by Crippen LogP contribution is -2.32. The fourth-order valence-electron chi connectivity index (χ4n) is 3.45. The van der Waals surface area contributed by atoms with Gasteiger partial charge in [0.2, 0.25) is 5.91 Å². The van der Waals surface area contributed by atoms with Crippen LogP contribution in [0.3, 0.4) is 0 Å². The van der Waals surface area contributed by atoms with Crippen molar-refractivity contribution in [3.8, 4) is 17.1 Å². The first-order valence-electron chi connectivity index (χ1n) is 9.98. The number of methoxy groups -OCH3 is 1. The van der Waals surface area contributed by atoms with Crippen LogP contribution in [0.15, 0.2) is 53.8 Å².